The van der Waals surface area contributed by atoms with Gasteiger partial charge in [0.2, 0.25) is 0 Å². The third-order valence-electron chi connectivity index (χ3n) is 6.12. The number of nitrogens with zero attached hydrogens (tertiary/aromatic N) is 3. The van der Waals surface area contributed by atoms with E-state index in [1.165, 1.54) is 12.8 Å². The summed E-state index contributed by atoms with van der Waals surface area (Å²) in [4.78, 5) is 22.9. The molecule has 3 heterocycles. The highest BCUT2D eigenvalue weighted by molar-refractivity contribution is 6.07. The molecule has 1 amide bonds. The van der Waals surface area contributed by atoms with Gasteiger partial charge in [-0.3, -0.25) is 9.78 Å². The summed E-state index contributed by atoms with van der Waals surface area (Å²) < 4.78 is 2.23. The maximum atomic E-state index is 13.3. The van der Waals surface area contributed by atoms with Crippen LogP contribution in [0.25, 0.3) is 10.9 Å². The fourth-order valence-electron chi connectivity index (χ4n) is 4.64. The number of pyridine rings is 1. The molecule has 1 aliphatic heterocycles. The monoisotopic (exact) mass is 374 g/mol. The summed E-state index contributed by atoms with van der Waals surface area (Å²) in [5, 5.41) is 4.09. The molecular weight excluding hydrogens is 348 g/mol. The Labute approximate surface area is 165 Å². The lowest BCUT2D eigenvalue weighted by Gasteiger charge is -2.24. The highest BCUT2D eigenvalue weighted by atomic mass is 16.1. The number of carbonyl (C=O) groups is 1. The lowest BCUT2D eigenvalue weighted by Crippen LogP contribution is -2.27. The standard InChI is InChI=1S/C23H26N4O/c1-15-9-10-20-18(12-15)22(17-6-2-3-7-19(17)26-20)23(28)24-13-16-14-27-11-5-4-8-21(27)25-16/h2-3,6-7,14-15H,4-5,8-13H2,1H3,(H,24,28). The van der Waals surface area contributed by atoms with Gasteiger partial charge in [-0.15, -0.1) is 0 Å². The molecule has 0 fully saturated rings. The summed E-state index contributed by atoms with van der Waals surface area (Å²) in [7, 11) is 0. The van der Waals surface area contributed by atoms with E-state index in [4.69, 9.17) is 9.97 Å². The van der Waals surface area contributed by atoms with Crippen molar-refractivity contribution in [2.45, 2.75) is 58.5 Å². The first-order chi connectivity index (χ1) is 13.7. The van der Waals surface area contributed by atoms with Gasteiger partial charge in [0.1, 0.15) is 5.82 Å². The average molecular weight is 374 g/mol. The Kier molecular flexibility index (Phi) is 4.38. The summed E-state index contributed by atoms with van der Waals surface area (Å²) in [5.74, 6) is 1.73. The quantitative estimate of drug-likeness (QED) is 0.758. The number of hydrogen-bond donors (Lipinski definition) is 1. The van der Waals surface area contributed by atoms with E-state index in [0.717, 1.165) is 71.5 Å². The molecule has 1 atom stereocenters. The Balaban J connectivity index is 1.47. The van der Waals surface area contributed by atoms with Gasteiger partial charge >= 0.3 is 0 Å². The van der Waals surface area contributed by atoms with Gasteiger partial charge in [-0.25, -0.2) is 4.98 Å². The number of aryl methyl sites for hydroxylation is 3. The van der Waals surface area contributed by atoms with Crippen molar-refractivity contribution in [2.75, 3.05) is 0 Å². The molecule has 1 N–H and O–H groups in total. The minimum Gasteiger partial charge on any atom is -0.346 e. The van der Waals surface area contributed by atoms with E-state index in [1.807, 2.05) is 24.3 Å². The second-order valence-corrected chi connectivity index (χ2v) is 8.26. The number of rotatable bonds is 3. The van der Waals surface area contributed by atoms with Crippen LogP contribution in [0.4, 0.5) is 0 Å². The molecule has 5 heteroatoms. The first-order valence-corrected chi connectivity index (χ1v) is 10.4. The molecule has 3 aromatic rings. The number of aromatic nitrogens is 3. The molecule has 0 spiro atoms. The molecule has 5 rings (SSSR count). The fourth-order valence-corrected chi connectivity index (χ4v) is 4.64. The summed E-state index contributed by atoms with van der Waals surface area (Å²) in [6.45, 7) is 3.77. The summed E-state index contributed by atoms with van der Waals surface area (Å²) in [6.07, 6.45) is 8.56. The number of hydrogen-bond acceptors (Lipinski definition) is 3. The average Bonchev–Trinajstić information content (AvgIpc) is 3.13. The third kappa shape index (κ3) is 3.09. The van der Waals surface area contributed by atoms with E-state index in [9.17, 15) is 4.79 Å². The van der Waals surface area contributed by atoms with Crippen LogP contribution in [-0.2, 0) is 32.4 Å². The van der Waals surface area contributed by atoms with Crippen LogP contribution in [0.1, 0.15) is 59.3 Å². The van der Waals surface area contributed by atoms with Crippen molar-refractivity contribution in [2.24, 2.45) is 5.92 Å². The maximum Gasteiger partial charge on any atom is 0.252 e. The van der Waals surface area contributed by atoms with E-state index >= 15 is 0 Å². The Hall–Kier alpha value is -2.69. The van der Waals surface area contributed by atoms with Crippen molar-refractivity contribution in [3.63, 3.8) is 0 Å². The van der Waals surface area contributed by atoms with Crippen LogP contribution in [0.15, 0.2) is 30.5 Å². The van der Waals surface area contributed by atoms with Gasteiger partial charge in [-0.05, 0) is 49.7 Å². The normalized spacial score (nSPS) is 18.5. The first-order valence-electron chi connectivity index (χ1n) is 10.4. The zero-order chi connectivity index (χ0) is 19.1. The molecule has 0 saturated heterocycles. The van der Waals surface area contributed by atoms with E-state index in [-0.39, 0.29) is 5.91 Å². The lowest BCUT2D eigenvalue weighted by molar-refractivity contribution is 0.0950. The second kappa shape index (κ2) is 7.04. The fraction of sp³-hybridized carbons (Fsp3) is 0.435. The van der Waals surface area contributed by atoms with Crippen molar-refractivity contribution in [1.29, 1.82) is 0 Å². The number of carbonyl (C=O) groups excluding carboxylic acids is 1. The zero-order valence-electron chi connectivity index (χ0n) is 16.4. The summed E-state index contributed by atoms with van der Waals surface area (Å²) in [5.41, 5.74) is 4.92. The van der Waals surface area contributed by atoms with Crippen molar-refractivity contribution in [1.82, 2.24) is 19.9 Å². The van der Waals surface area contributed by atoms with E-state index in [2.05, 4.69) is 23.0 Å². The first kappa shape index (κ1) is 17.4. The van der Waals surface area contributed by atoms with Gasteiger partial charge in [-0.2, -0.15) is 0 Å². The van der Waals surface area contributed by atoms with E-state index in [1.54, 1.807) is 0 Å². The van der Waals surface area contributed by atoms with E-state index < -0.39 is 0 Å². The topological polar surface area (TPSA) is 59.8 Å². The van der Waals surface area contributed by atoms with Gasteiger partial charge < -0.3 is 9.88 Å². The number of para-hydroxylation sites is 1. The van der Waals surface area contributed by atoms with Crippen molar-refractivity contribution >= 4 is 16.8 Å². The lowest BCUT2D eigenvalue weighted by atomic mass is 9.84. The molecular formula is C23H26N4O. The van der Waals surface area contributed by atoms with Crippen LogP contribution >= 0.6 is 0 Å². The van der Waals surface area contributed by atoms with Crippen LogP contribution in [-0.4, -0.2) is 20.4 Å². The number of nitrogens with one attached hydrogen (secondary N) is 1. The third-order valence-corrected chi connectivity index (χ3v) is 6.12. The Morgan fingerprint density at radius 3 is 3.00 bits per heavy atom. The minimum absolute atomic E-state index is 0.00470. The molecule has 28 heavy (non-hydrogen) atoms. The van der Waals surface area contributed by atoms with Gasteiger partial charge in [0.05, 0.1) is 23.3 Å². The van der Waals surface area contributed by atoms with Gasteiger partial charge in [-0.1, -0.05) is 25.1 Å². The van der Waals surface area contributed by atoms with Gasteiger partial charge in [0, 0.05) is 30.2 Å². The zero-order valence-corrected chi connectivity index (χ0v) is 16.4. The SMILES string of the molecule is CC1CCc2nc3ccccc3c(C(=O)NCc3cn4c(n3)CCCC4)c2C1. The molecule has 0 bridgehead atoms. The molecule has 2 aliphatic rings. The minimum atomic E-state index is -0.00470. The summed E-state index contributed by atoms with van der Waals surface area (Å²) in [6, 6.07) is 8.01. The van der Waals surface area contributed by atoms with E-state index in [0.29, 0.717) is 12.5 Å². The Morgan fingerprint density at radius 2 is 2.11 bits per heavy atom. The highest BCUT2D eigenvalue weighted by Crippen LogP contribution is 2.31. The van der Waals surface area contributed by atoms with Crippen molar-refractivity contribution < 1.29 is 4.79 Å². The van der Waals surface area contributed by atoms with Gasteiger partial charge in [0.15, 0.2) is 0 Å². The predicted octanol–water partition coefficient (Wildman–Crippen LogP) is 3.82. The van der Waals surface area contributed by atoms with Crippen molar-refractivity contribution in [3.8, 4) is 0 Å². The number of imidazole rings is 1. The van der Waals surface area contributed by atoms with Gasteiger partial charge in [0.25, 0.3) is 5.91 Å². The Morgan fingerprint density at radius 1 is 1.21 bits per heavy atom. The molecule has 1 aliphatic carbocycles. The molecule has 5 nitrogen and oxygen atoms in total. The molecule has 0 radical (unpaired) electrons. The van der Waals surface area contributed by atoms with Crippen LogP contribution in [0.2, 0.25) is 0 Å². The van der Waals surface area contributed by atoms with Crippen LogP contribution in [0.5, 0.6) is 0 Å². The summed E-state index contributed by atoms with van der Waals surface area (Å²) >= 11 is 0. The highest BCUT2D eigenvalue weighted by Gasteiger charge is 2.25. The molecule has 1 aromatic carbocycles. The Bertz CT molecular complexity index is 1030. The van der Waals surface area contributed by atoms with Crippen LogP contribution in [0, 0.1) is 5.92 Å². The van der Waals surface area contributed by atoms with Crippen molar-refractivity contribution in [3.05, 3.63) is 58.8 Å². The maximum absolute atomic E-state index is 13.3. The molecule has 0 saturated carbocycles. The molecule has 144 valence electrons. The number of amides is 1. The van der Waals surface area contributed by atoms with Crippen LogP contribution < -0.4 is 5.32 Å². The largest absolute Gasteiger partial charge is 0.346 e. The smallest absolute Gasteiger partial charge is 0.252 e. The molecule has 1 unspecified atom stereocenters. The number of benzene rings is 1. The predicted molar refractivity (Wildman–Crippen MR) is 109 cm³/mol. The van der Waals surface area contributed by atoms with Crippen LogP contribution in [0.3, 0.4) is 0 Å². The molecule has 2 aromatic heterocycles. The number of fused-ring (bicyclic) bond motifs is 3. The second-order valence-electron chi connectivity index (χ2n) is 8.26.